The molecule has 2 N–H and O–H groups in total. The van der Waals surface area contributed by atoms with Gasteiger partial charge in [0.2, 0.25) is 10.0 Å². The highest BCUT2D eigenvalue weighted by Crippen LogP contribution is 2.00. The van der Waals surface area contributed by atoms with E-state index in [4.69, 9.17) is 22.7 Å². The molecule has 0 aliphatic carbocycles. The lowest BCUT2D eigenvalue weighted by Gasteiger charge is -2.17. The van der Waals surface area contributed by atoms with Gasteiger partial charge in [-0.15, -0.1) is 0 Å². The Kier molecular flexibility index (Phi) is 7.05. The molecule has 0 unspecified atom stereocenters. The van der Waals surface area contributed by atoms with E-state index in [-0.39, 0.29) is 18.5 Å². The van der Waals surface area contributed by atoms with Crippen LogP contribution in [0.5, 0.6) is 0 Å². The number of thiocarbonyl (C=S) groups is 1. The van der Waals surface area contributed by atoms with E-state index in [1.54, 1.807) is 0 Å². The number of hydrogen-bond acceptors (Lipinski definition) is 4. The van der Waals surface area contributed by atoms with Crippen molar-refractivity contribution in [1.29, 1.82) is 0 Å². The van der Waals surface area contributed by atoms with Crippen molar-refractivity contribution in [3.8, 4) is 0 Å². The fourth-order valence-electron chi connectivity index (χ4n) is 0.952. The minimum Gasteiger partial charge on any atom is -0.393 e. The summed E-state index contributed by atoms with van der Waals surface area (Å²) in [5.41, 5.74) is 5.31. The van der Waals surface area contributed by atoms with Crippen LogP contribution < -0.4 is 5.73 Å². The Bertz CT molecular complexity index is 315. The average Bonchev–Trinajstić information content (AvgIpc) is 2.12. The maximum atomic E-state index is 11.7. The summed E-state index contributed by atoms with van der Waals surface area (Å²) in [5, 5.41) is 0. The van der Waals surface area contributed by atoms with E-state index in [2.05, 4.69) is 0 Å². The van der Waals surface area contributed by atoms with Crippen molar-refractivity contribution < 1.29 is 13.2 Å². The smallest absolute Gasteiger partial charge is 0.216 e. The minimum absolute atomic E-state index is 0.0149. The first kappa shape index (κ1) is 15.8. The van der Waals surface area contributed by atoms with Gasteiger partial charge in [-0.25, -0.2) is 12.7 Å². The molecule has 0 amide bonds. The van der Waals surface area contributed by atoms with Crippen molar-refractivity contribution >= 4 is 27.2 Å². The Balaban J connectivity index is 4.06. The van der Waals surface area contributed by atoms with E-state index in [0.29, 0.717) is 18.0 Å². The zero-order valence-corrected chi connectivity index (χ0v) is 11.6. The molecule has 0 fully saturated rings. The van der Waals surface area contributed by atoms with Crippen molar-refractivity contribution in [1.82, 2.24) is 4.31 Å². The Morgan fingerprint density at radius 1 is 1.50 bits per heavy atom. The maximum absolute atomic E-state index is 11.7. The largest absolute Gasteiger partial charge is 0.393 e. The monoisotopic (exact) mass is 268 g/mol. The van der Waals surface area contributed by atoms with Gasteiger partial charge in [0.05, 0.1) is 23.5 Å². The van der Waals surface area contributed by atoms with Crippen LogP contribution in [0.2, 0.25) is 0 Å². The molecular weight excluding hydrogens is 248 g/mol. The molecule has 0 heterocycles. The molecule has 0 rings (SSSR count). The summed E-state index contributed by atoms with van der Waals surface area (Å²) >= 11 is 4.69. The third kappa shape index (κ3) is 7.10. The molecule has 0 spiro atoms. The highest BCUT2D eigenvalue weighted by Gasteiger charge is 2.17. The van der Waals surface area contributed by atoms with Crippen molar-refractivity contribution in [3.63, 3.8) is 0 Å². The Morgan fingerprint density at radius 3 is 2.50 bits per heavy atom. The predicted octanol–water partition coefficient (Wildman–Crippen LogP) is 0.349. The van der Waals surface area contributed by atoms with Gasteiger partial charge in [0, 0.05) is 20.0 Å². The van der Waals surface area contributed by atoms with Gasteiger partial charge in [-0.3, -0.25) is 0 Å². The maximum Gasteiger partial charge on any atom is 0.216 e. The summed E-state index contributed by atoms with van der Waals surface area (Å²) in [6.45, 7) is 4.25. The lowest BCUT2D eigenvalue weighted by molar-refractivity contribution is 0.0908. The first-order chi connectivity index (χ1) is 7.25. The van der Waals surface area contributed by atoms with Gasteiger partial charge in [-0.2, -0.15) is 0 Å². The van der Waals surface area contributed by atoms with Crippen molar-refractivity contribution in [3.05, 3.63) is 0 Å². The molecule has 0 saturated heterocycles. The van der Waals surface area contributed by atoms with Gasteiger partial charge in [0.25, 0.3) is 0 Å². The number of hydrogen-bond donors (Lipinski definition) is 1. The van der Waals surface area contributed by atoms with Crippen LogP contribution in [-0.2, 0) is 14.8 Å². The van der Waals surface area contributed by atoms with Gasteiger partial charge in [0.1, 0.15) is 0 Å². The van der Waals surface area contributed by atoms with E-state index in [9.17, 15) is 8.42 Å². The summed E-state index contributed by atoms with van der Waals surface area (Å²) in [6.07, 6.45) is 0.438. The van der Waals surface area contributed by atoms with Gasteiger partial charge < -0.3 is 10.5 Å². The fourth-order valence-corrected chi connectivity index (χ4v) is 2.03. The average molecular weight is 268 g/mol. The van der Waals surface area contributed by atoms with Crippen LogP contribution in [0.4, 0.5) is 0 Å². The van der Waals surface area contributed by atoms with Gasteiger partial charge in [-0.1, -0.05) is 12.2 Å². The van der Waals surface area contributed by atoms with Crippen LogP contribution in [0, 0.1) is 0 Å². The van der Waals surface area contributed by atoms with E-state index in [1.807, 2.05) is 13.8 Å². The normalized spacial score (nSPS) is 12.3. The molecule has 7 heteroatoms. The van der Waals surface area contributed by atoms with Gasteiger partial charge in [0.15, 0.2) is 0 Å². The van der Waals surface area contributed by atoms with Crippen LogP contribution in [0.1, 0.15) is 20.3 Å². The molecule has 16 heavy (non-hydrogen) atoms. The predicted molar refractivity (Wildman–Crippen MR) is 68.9 cm³/mol. The second-order valence-electron chi connectivity index (χ2n) is 3.77. The number of nitrogens with two attached hydrogens (primary N) is 1. The Labute approximate surface area is 103 Å². The zero-order valence-electron chi connectivity index (χ0n) is 9.97. The third-order valence-electron chi connectivity index (χ3n) is 1.94. The molecule has 0 saturated carbocycles. The number of ether oxygens (including phenoxy) is 1. The van der Waals surface area contributed by atoms with E-state index in [0.717, 1.165) is 0 Å². The van der Waals surface area contributed by atoms with Crippen LogP contribution >= 0.6 is 12.2 Å². The number of rotatable bonds is 8. The molecule has 0 aliphatic rings. The molecular formula is C9H20N2O3S2. The Hall–Kier alpha value is -0.240. The summed E-state index contributed by atoms with van der Waals surface area (Å²) in [5.74, 6) is -0.0149. The molecule has 0 aliphatic heterocycles. The van der Waals surface area contributed by atoms with Gasteiger partial charge in [-0.05, 0) is 13.8 Å². The topological polar surface area (TPSA) is 72.6 Å². The SMILES string of the molecule is CC(C)OCCS(=O)(=O)N(C)CCC(N)=S. The highest BCUT2D eigenvalue weighted by atomic mass is 32.2. The third-order valence-corrected chi connectivity index (χ3v) is 3.96. The molecule has 0 aromatic heterocycles. The highest BCUT2D eigenvalue weighted by molar-refractivity contribution is 7.89. The molecule has 96 valence electrons. The van der Waals surface area contributed by atoms with Crippen LogP contribution in [0.3, 0.4) is 0 Å². The fraction of sp³-hybridized carbons (Fsp3) is 0.889. The second-order valence-corrected chi connectivity index (χ2v) is 6.49. The van der Waals surface area contributed by atoms with E-state index < -0.39 is 10.0 Å². The lowest BCUT2D eigenvalue weighted by atomic mass is 10.4. The first-order valence-electron chi connectivity index (χ1n) is 5.09. The molecule has 0 bridgehead atoms. The molecule has 5 nitrogen and oxygen atoms in total. The van der Waals surface area contributed by atoms with Crippen molar-refractivity contribution in [2.45, 2.75) is 26.4 Å². The molecule has 0 aromatic rings. The summed E-state index contributed by atoms with van der Waals surface area (Å²) < 4.78 is 29.8. The summed E-state index contributed by atoms with van der Waals surface area (Å²) in [7, 11) is -1.74. The Morgan fingerprint density at radius 2 is 2.06 bits per heavy atom. The number of sulfonamides is 1. The van der Waals surface area contributed by atoms with Crippen LogP contribution in [0.15, 0.2) is 0 Å². The van der Waals surface area contributed by atoms with E-state index in [1.165, 1.54) is 11.4 Å². The lowest BCUT2D eigenvalue weighted by Crippen LogP contribution is -2.33. The van der Waals surface area contributed by atoms with E-state index >= 15 is 0 Å². The summed E-state index contributed by atoms with van der Waals surface area (Å²) in [6, 6.07) is 0. The van der Waals surface area contributed by atoms with Crippen LogP contribution in [-0.4, -0.2) is 49.8 Å². The second kappa shape index (κ2) is 7.16. The minimum atomic E-state index is -3.26. The standard InChI is InChI=1S/C9H20N2O3S2/c1-8(2)14-6-7-16(12,13)11(3)5-4-9(10)15/h8H,4-7H2,1-3H3,(H2,10,15). The number of nitrogens with zero attached hydrogens (tertiary/aromatic N) is 1. The van der Waals surface area contributed by atoms with Gasteiger partial charge >= 0.3 is 0 Å². The summed E-state index contributed by atoms with van der Waals surface area (Å²) in [4.78, 5) is 0.320. The quantitative estimate of drug-likeness (QED) is 0.643. The van der Waals surface area contributed by atoms with Crippen LogP contribution in [0.25, 0.3) is 0 Å². The van der Waals surface area contributed by atoms with Crippen molar-refractivity contribution in [2.24, 2.45) is 5.73 Å². The molecule has 0 atom stereocenters. The molecule has 0 radical (unpaired) electrons. The van der Waals surface area contributed by atoms with Crippen molar-refractivity contribution in [2.75, 3.05) is 26.0 Å². The first-order valence-corrected chi connectivity index (χ1v) is 7.11. The molecule has 0 aromatic carbocycles. The zero-order chi connectivity index (χ0) is 12.8.